The van der Waals surface area contributed by atoms with Gasteiger partial charge in [0.25, 0.3) is 0 Å². The Kier molecular flexibility index (Phi) is 3.46. The molecule has 1 aliphatic rings. The van der Waals surface area contributed by atoms with Crippen LogP contribution < -0.4 is 15.4 Å². The lowest BCUT2D eigenvalue weighted by atomic mass is 10.1. The molecule has 19 heavy (non-hydrogen) atoms. The van der Waals surface area contributed by atoms with Crippen molar-refractivity contribution in [3.63, 3.8) is 0 Å². The lowest BCUT2D eigenvalue weighted by molar-refractivity contribution is 0.415. The predicted octanol–water partition coefficient (Wildman–Crippen LogP) is 1.80. The van der Waals surface area contributed by atoms with E-state index in [1.807, 2.05) is 24.4 Å². The molecule has 5 heteroatoms. The number of nitrogens with zero attached hydrogens (tertiary/aromatic N) is 2. The molecular formula is C14H18N4O. The second kappa shape index (κ2) is 5.40. The summed E-state index contributed by atoms with van der Waals surface area (Å²) in [6, 6.07) is 6.24. The molecule has 1 atom stereocenters. The van der Waals surface area contributed by atoms with Crippen LogP contribution in [0.1, 0.15) is 12.8 Å². The van der Waals surface area contributed by atoms with Gasteiger partial charge in [-0.1, -0.05) is 0 Å². The van der Waals surface area contributed by atoms with Gasteiger partial charge >= 0.3 is 0 Å². The summed E-state index contributed by atoms with van der Waals surface area (Å²) in [6.07, 6.45) is 4.20. The van der Waals surface area contributed by atoms with Gasteiger partial charge in [0, 0.05) is 30.2 Å². The summed E-state index contributed by atoms with van der Waals surface area (Å²) in [7, 11) is 1.66. The standard InChI is InChI=1S/C14H18N4O/c1-19-12-5-4-10-8-16-14(18-13(10)7-12)17-11-3-2-6-15-9-11/h4-5,7-8,11,15H,2-3,6,9H2,1H3,(H,16,17,18)/t11-/m1/s1. The molecule has 0 radical (unpaired) electrons. The number of fused-ring (bicyclic) bond motifs is 1. The van der Waals surface area contributed by atoms with Gasteiger partial charge in [-0.05, 0) is 31.5 Å². The first-order chi connectivity index (χ1) is 9.35. The summed E-state index contributed by atoms with van der Waals surface area (Å²) >= 11 is 0. The number of rotatable bonds is 3. The first kappa shape index (κ1) is 12.2. The van der Waals surface area contributed by atoms with Crippen LogP contribution in [0.3, 0.4) is 0 Å². The fourth-order valence-corrected chi connectivity index (χ4v) is 2.36. The third-order valence-corrected chi connectivity index (χ3v) is 3.42. The lowest BCUT2D eigenvalue weighted by Crippen LogP contribution is -2.38. The van der Waals surface area contributed by atoms with Crippen LogP contribution in [0.4, 0.5) is 5.95 Å². The summed E-state index contributed by atoms with van der Waals surface area (Å²) in [5.41, 5.74) is 0.903. The maximum absolute atomic E-state index is 5.22. The number of hydrogen-bond acceptors (Lipinski definition) is 5. The molecule has 0 unspecified atom stereocenters. The number of ether oxygens (including phenoxy) is 1. The molecule has 1 saturated heterocycles. The number of piperidine rings is 1. The number of hydrogen-bond donors (Lipinski definition) is 2. The Hall–Kier alpha value is -1.88. The van der Waals surface area contributed by atoms with E-state index in [0.29, 0.717) is 12.0 Å². The molecular weight excluding hydrogens is 240 g/mol. The molecule has 0 amide bonds. The zero-order valence-electron chi connectivity index (χ0n) is 11.0. The van der Waals surface area contributed by atoms with Crippen molar-refractivity contribution >= 4 is 16.9 Å². The quantitative estimate of drug-likeness (QED) is 0.879. The molecule has 1 aromatic carbocycles. The van der Waals surface area contributed by atoms with Crippen molar-refractivity contribution in [2.75, 3.05) is 25.5 Å². The molecule has 2 N–H and O–H groups in total. The Morgan fingerprint density at radius 1 is 1.42 bits per heavy atom. The minimum atomic E-state index is 0.414. The second-order valence-corrected chi connectivity index (χ2v) is 4.81. The fraction of sp³-hybridized carbons (Fsp3) is 0.429. The van der Waals surface area contributed by atoms with E-state index in [1.165, 1.54) is 6.42 Å². The Morgan fingerprint density at radius 3 is 3.16 bits per heavy atom. The van der Waals surface area contributed by atoms with E-state index in [2.05, 4.69) is 20.6 Å². The molecule has 5 nitrogen and oxygen atoms in total. The summed E-state index contributed by atoms with van der Waals surface area (Å²) in [6.45, 7) is 2.08. The molecule has 3 rings (SSSR count). The summed E-state index contributed by atoms with van der Waals surface area (Å²) in [4.78, 5) is 8.91. The zero-order chi connectivity index (χ0) is 13.1. The average Bonchev–Trinajstić information content (AvgIpc) is 2.47. The number of benzene rings is 1. The molecule has 1 aliphatic heterocycles. The second-order valence-electron chi connectivity index (χ2n) is 4.81. The van der Waals surface area contributed by atoms with Gasteiger partial charge in [0.2, 0.25) is 5.95 Å². The van der Waals surface area contributed by atoms with E-state index in [9.17, 15) is 0 Å². The lowest BCUT2D eigenvalue weighted by Gasteiger charge is -2.23. The molecule has 2 aromatic rings. The van der Waals surface area contributed by atoms with Crippen LogP contribution in [0.2, 0.25) is 0 Å². The van der Waals surface area contributed by atoms with Crippen molar-refractivity contribution in [3.8, 4) is 5.75 Å². The fourth-order valence-electron chi connectivity index (χ4n) is 2.36. The predicted molar refractivity (Wildman–Crippen MR) is 75.6 cm³/mol. The van der Waals surface area contributed by atoms with Crippen molar-refractivity contribution in [1.29, 1.82) is 0 Å². The Bertz CT molecular complexity index is 566. The van der Waals surface area contributed by atoms with E-state index in [4.69, 9.17) is 4.74 Å². The van der Waals surface area contributed by atoms with Crippen molar-refractivity contribution in [2.24, 2.45) is 0 Å². The first-order valence-corrected chi connectivity index (χ1v) is 6.63. The highest BCUT2D eigenvalue weighted by molar-refractivity contribution is 5.80. The minimum Gasteiger partial charge on any atom is -0.497 e. The van der Waals surface area contributed by atoms with Gasteiger partial charge in [0.05, 0.1) is 12.6 Å². The van der Waals surface area contributed by atoms with Crippen molar-refractivity contribution in [3.05, 3.63) is 24.4 Å². The highest BCUT2D eigenvalue weighted by Crippen LogP contribution is 2.19. The van der Waals surface area contributed by atoms with Crippen LogP contribution in [0, 0.1) is 0 Å². The van der Waals surface area contributed by atoms with Crippen LogP contribution in [-0.4, -0.2) is 36.2 Å². The number of aromatic nitrogens is 2. The van der Waals surface area contributed by atoms with Crippen LogP contribution in [0.15, 0.2) is 24.4 Å². The molecule has 0 spiro atoms. The Labute approximate surface area is 112 Å². The van der Waals surface area contributed by atoms with E-state index >= 15 is 0 Å². The van der Waals surface area contributed by atoms with E-state index in [-0.39, 0.29) is 0 Å². The molecule has 1 fully saturated rings. The molecule has 1 aromatic heterocycles. The number of methoxy groups -OCH3 is 1. The first-order valence-electron chi connectivity index (χ1n) is 6.63. The molecule has 0 saturated carbocycles. The maximum Gasteiger partial charge on any atom is 0.223 e. The van der Waals surface area contributed by atoms with Crippen LogP contribution in [0.25, 0.3) is 10.9 Å². The van der Waals surface area contributed by atoms with Crippen LogP contribution >= 0.6 is 0 Å². The topological polar surface area (TPSA) is 59.1 Å². The van der Waals surface area contributed by atoms with E-state index in [0.717, 1.165) is 36.2 Å². The molecule has 100 valence electrons. The minimum absolute atomic E-state index is 0.414. The Morgan fingerprint density at radius 2 is 2.37 bits per heavy atom. The molecule has 0 aliphatic carbocycles. The summed E-state index contributed by atoms with van der Waals surface area (Å²) in [5.74, 6) is 1.51. The molecule has 0 bridgehead atoms. The normalized spacial score (nSPS) is 19.3. The van der Waals surface area contributed by atoms with Gasteiger partial charge in [0.1, 0.15) is 5.75 Å². The average molecular weight is 258 g/mol. The highest BCUT2D eigenvalue weighted by atomic mass is 16.5. The summed E-state index contributed by atoms with van der Waals surface area (Å²) < 4.78 is 5.22. The van der Waals surface area contributed by atoms with Gasteiger partial charge in [-0.15, -0.1) is 0 Å². The van der Waals surface area contributed by atoms with Crippen molar-refractivity contribution in [1.82, 2.24) is 15.3 Å². The SMILES string of the molecule is COc1ccc2cnc(N[C@@H]3CCCNC3)nc2c1. The largest absolute Gasteiger partial charge is 0.497 e. The van der Waals surface area contributed by atoms with Crippen molar-refractivity contribution < 1.29 is 4.74 Å². The van der Waals surface area contributed by atoms with Crippen LogP contribution in [-0.2, 0) is 0 Å². The third-order valence-electron chi connectivity index (χ3n) is 3.42. The zero-order valence-corrected chi connectivity index (χ0v) is 11.0. The van der Waals surface area contributed by atoms with Crippen molar-refractivity contribution in [2.45, 2.75) is 18.9 Å². The Balaban J connectivity index is 1.83. The highest BCUT2D eigenvalue weighted by Gasteiger charge is 2.13. The van der Waals surface area contributed by atoms with Gasteiger partial charge in [0.15, 0.2) is 0 Å². The van der Waals surface area contributed by atoms with Gasteiger partial charge in [-0.3, -0.25) is 0 Å². The summed E-state index contributed by atoms with van der Waals surface area (Å²) in [5, 5.41) is 7.78. The molecule has 2 heterocycles. The van der Waals surface area contributed by atoms with E-state index in [1.54, 1.807) is 7.11 Å². The van der Waals surface area contributed by atoms with Crippen LogP contribution in [0.5, 0.6) is 5.75 Å². The van der Waals surface area contributed by atoms with E-state index < -0.39 is 0 Å². The third kappa shape index (κ3) is 2.76. The van der Waals surface area contributed by atoms with Gasteiger partial charge < -0.3 is 15.4 Å². The smallest absolute Gasteiger partial charge is 0.223 e. The number of anilines is 1. The maximum atomic E-state index is 5.22. The van der Waals surface area contributed by atoms with Gasteiger partial charge in [-0.25, -0.2) is 9.97 Å². The van der Waals surface area contributed by atoms with Gasteiger partial charge in [-0.2, -0.15) is 0 Å². The number of nitrogens with one attached hydrogen (secondary N) is 2. The monoisotopic (exact) mass is 258 g/mol.